The van der Waals surface area contributed by atoms with Gasteiger partial charge >= 0.3 is 0 Å². The number of Topliss-reactive ketones (excluding diaryl/α,β-unsaturated/α-hetero) is 1. The fourth-order valence-corrected chi connectivity index (χ4v) is 3.45. The standard InChI is InChI=1S/C24H18ClFO4/c1-14-10-17(29-13-15-6-8-16(28-2)9-7-15)11-21-23(14)24(27)22(30-21)12-18-19(25)4-3-5-20(18)26/h3-12H,13H2,1-2H3/b22-12-. The number of hydrogen-bond acceptors (Lipinski definition) is 4. The molecule has 3 aromatic carbocycles. The van der Waals surface area contributed by atoms with Crippen LogP contribution in [0, 0.1) is 12.7 Å². The Labute approximate surface area is 178 Å². The number of halogens is 2. The second-order valence-electron chi connectivity index (χ2n) is 6.83. The van der Waals surface area contributed by atoms with Crippen molar-refractivity contribution >= 4 is 23.5 Å². The summed E-state index contributed by atoms with van der Waals surface area (Å²) in [5.41, 5.74) is 2.24. The molecule has 0 saturated carbocycles. The van der Waals surface area contributed by atoms with Crippen molar-refractivity contribution in [3.63, 3.8) is 0 Å². The van der Waals surface area contributed by atoms with Crippen molar-refractivity contribution in [2.45, 2.75) is 13.5 Å². The van der Waals surface area contributed by atoms with Crippen LogP contribution in [0.3, 0.4) is 0 Å². The normalized spacial score (nSPS) is 13.9. The number of carbonyl (C=O) groups is 1. The number of ether oxygens (including phenoxy) is 3. The van der Waals surface area contributed by atoms with Gasteiger partial charge in [0.15, 0.2) is 5.76 Å². The van der Waals surface area contributed by atoms with Crippen molar-refractivity contribution in [1.82, 2.24) is 0 Å². The highest BCUT2D eigenvalue weighted by Crippen LogP contribution is 2.38. The summed E-state index contributed by atoms with van der Waals surface area (Å²) in [4.78, 5) is 12.8. The van der Waals surface area contributed by atoms with Gasteiger partial charge in [0, 0.05) is 11.6 Å². The molecule has 1 heterocycles. The van der Waals surface area contributed by atoms with Crippen molar-refractivity contribution in [1.29, 1.82) is 0 Å². The number of carbonyl (C=O) groups excluding carboxylic acids is 1. The van der Waals surface area contributed by atoms with E-state index in [0.29, 0.717) is 29.2 Å². The molecule has 0 saturated heterocycles. The second-order valence-corrected chi connectivity index (χ2v) is 7.23. The third-order valence-electron chi connectivity index (χ3n) is 4.78. The van der Waals surface area contributed by atoms with E-state index in [1.807, 2.05) is 24.3 Å². The quantitative estimate of drug-likeness (QED) is 0.472. The van der Waals surface area contributed by atoms with Crippen LogP contribution in [0.1, 0.15) is 27.0 Å². The maximum atomic E-state index is 14.1. The van der Waals surface area contributed by atoms with Crippen molar-refractivity contribution in [3.05, 3.63) is 93.5 Å². The Morgan fingerprint density at radius 2 is 1.87 bits per heavy atom. The smallest absolute Gasteiger partial charge is 0.232 e. The van der Waals surface area contributed by atoms with Crippen molar-refractivity contribution < 1.29 is 23.4 Å². The Bertz CT molecular complexity index is 1130. The van der Waals surface area contributed by atoms with Gasteiger partial charge in [-0.25, -0.2) is 4.39 Å². The topological polar surface area (TPSA) is 44.8 Å². The van der Waals surface area contributed by atoms with E-state index in [-0.39, 0.29) is 22.1 Å². The molecule has 0 unspecified atom stereocenters. The van der Waals surface area contributed by atoms with Gasteiger partial charge in [0.1, 0.15) is 29.7 Å². The summed E-state index contributed by atoms with van der Waals surface area (Å²) in [7, 11) is 1.61. The summed E-state index contributed by atoms with van der Waals surface area (Å²) in [5, 5.41) is 0.204. The lowest BCUT2D eigenvalue weighted by atomic mass is 10.0. The largest absolute Gasteiger partial charge is 0.497 e. The number of ketones is 1. The predicted molar refractivity (Wildman–Crippen MR) is 113 cm³/mol. The molecular weight excluding hydrogens is 407 g/mol. The highest BCUT2D eigenvalue weighted by molar-refractivity contribution is 6.32. The third kappa shape index (κ3) is 3.89. The monoisotopic (exact) mass is 424 g/mol. The van der Waals surface area contributed by atoms with E-state index < -0.39 is 5.82 Å². The van der Waals surface area contributed by atoms with E-state index >= 15 is 0 Å². The molecule has 0 radical (unpaired) electrons. The summed E-state index contributed by atoms with van der Waals surface area (Å²) in [6.07, 6.45) is 1.33. The van der Waals surface area contributed by atoms with Gasteiger partial charge in [-0.05, 0) is 54.5 Å². The van der Waals surface area contributed by atoms with E-state index in [1.54, 1.807) is 32.2 Å². The van der Waals surface area contributed by atoms with E-state index in [9.17, 15) is 9.18 Å². The van der Waals surface area contributed by atoms with Crippen molar-refractivity contribution in [2.75, 3.05) is 7.11 Å². The Morgan fingerprint density at radius 1 is 1.10 bits per heavy atom. The number of benzene rings is 3. The zero-order valence-electron chi connectivity index (χ0n) is 16.4. The third-order valence-corrected chi connectivity index (χ3v) is 5.11. The molecule has 6 heteroatoms. The summed E-state index contributed by atoms with van der Waals surface area (Å²) < 4.78 is 30.8. The molecule has 0 N–H and O–H groups in total. The number of methoxy groups -OCH3 is 1. The lowest BCUT2D eigenvalue weighted by Crippen LogP contribution is -2.00. The first-order valence-electron chi connectivity index (χ1n) is 9.25. The van der Waals surface area contributed by atoms with Gasteiger partial charge in [-0.2, -0.15) is 0 Å². The Hall–Kier alpha value is -3.31. The van der Waals surface area contributed by atoms with E-state index in [1.165, 1.54) is 18.2 Å². The summed E-state index contributed by atoms with van der Waals surface area (Å²) in [6.45, 7) is 2.16. The Morgan fingerprint density at radius 3 is 2.57 bits per heavy atom. The zero-order chi connectivity index (χ0) is 21.3. The maximum Gasteiger partial charge on any atom is 0.232 e. The highest BCUT2D eigenvalue weighted by Gasteiger charge is 2.30. The number of hydrogen-bond donors (Lipinski definition) is 0. The Balaban J connectivity index is 1.57. The van der Waals surface area contributed by atoms with Gasteiger partial charge in [-0.3, -0.25) is 4.79 Å². The van der Waals surface area contributed by atoms with Crippen molar-refractivity contribution in [3.8, 4) is 17.2 Å². The molecule has 0 aromatic heterocycles. The SMILES string of the molecule is COc1ccc(COc2cc(C)c3c(c2)O/C(=C\c2c(F)cccc2Cl)C3=O)cc1. The van der Waals surface area contributed by atoms with Crippen LogP contribution in [-0.2, 0) is 6.61 Å². The van der Waals surface area contributed by atoms with Crippen LogP contribution in [0.15, 0.2) is 60.4 Å². The first kappa shape index (κ1) is 20.0. The molecule has 0 spiro atoms. The molecule has 0 atom stereocenters. The minimum Gasteiger partial charge on any atom is -0.497 e. The average Bonchev–Trinajstić information content (AvgIpc) is 3.05. The van der Waals surface area contributed by atoms with Crippen LogP contribution in [0.2, 0.25) is 5.02 Å². The van der Waals surface area contributed by atoms with Gasteiger partial charge in [0.2, 0.25) is 5.78 Å². The van der Waals surface area contributed by atoms with Gasteiger partial charge in [0.05, 0.1) is 17.7 Å². The molecule has 0 amide bonds. The molecule has 4 rings (SSSR count). The summed E-state index contributed by atoms with van der Waals surface area (Å²) in [5.74, 6) is 0.898. The van der Waals surface area contributed by atoms with E-state index in [0.717, 1.165) is 11.3 Å². The lowest BCUT2D eigenvalue weighted by Gasteiger charge is -2.09. The van der Waals surface area contributed by atoms with Gasteiger partial charge in [0.25, 0.3) is 0 Å². The fourth-order valence-electron chi connectivity index (χ4n) is 3.23. The summed E-state index contributed by atoms with van der Waals surface area (Å²) in [6, 6.07) is 15.3. The fraction of sp³-hybridized carbons (Fsp3) is 0.125. The zero-order valence-corrected chi connectivity index (χ0v) is 17.1. The molecule has 0 aliphatic carbocycles. The average molecular weight is 425 g/mol. The first-order valence-corrected chi connectivity index (χ1v) is 9.62. The molecule has 30 heavy (non-hydrogen) atoms. The molecular formula is C24H18ClFO4. The van der Waals surface area contributed by atoms with E-state index in [4.69, 9.17) is 25.8 Å². The lowest BCUT2D eigenvalue weighted by molar-refractivity contribution is 0.101. The molecule has 1 aliphatic heterocycles. The van der Waals surface area contributed by atoms with Crippen LogP contribution in [0.4, 0.5) is 4.39 Å². The van der Waals surface area contributed by atoms with Gasteiger partial charge < -0.3 is 14.2 Å². The molecule has 152 valence electrons. The molecule has 1 aliphatic rings. The minimum absolute atomic E-state index is 0.0207. The van der Waals surface area contributed by atoms with Crippen LogP contribution in [-0.4, -0.2) is 12.9 Å². The van der Waals surface area contributed by atoms with Crippen LogP contribution in [0.25, 0.3) is 6.08 Å². The first-order chi connectivity index (χ1) is 14.5. The molecule has 0 fully saturated rings. The molecule has 3 aromatic rings. The van der Waals surface area contributed by atoms with Crippen LogP contribution < -0.4 is 14.2 Å². The Kier molecular flexibility index (Phi) is 5.46. The number of allylic oxidation sites excluding steroid dienone is 1. The number of fused-ring (bicyclic) bond motifs is 1. The van der Waals surface area contributed by atoms with Crippen LogP contribution in [0.5, 0.6) is 17.2 Å². The highest BCUT2D eigenvalue weighted by atomic mass is 35.5. The second kappa shape index (κ2) is 8.20. The summed E-state index contributed by atoms with van der Waals surface area (Å²) >= 11 is 6.06. The number of rotatable bonds is 5. The number of aryl methyl sites for hydroxylation is 1. The minimum atomic E-state index is -0.525. The van der Waals surface area contributed by atoms with Crippen LogP contribution >= 0.6 is 11.6 Å². The van der Waals surface area contributed by atoms with E-state index in [2.05, 4.69) is 0 Å². The van der Waals surface area contributed by atoms with Crippen molar-refractivity contribution in [2.24, 2.45) is 0 Å². The predicted octanol–water partition coefficient (Wildman–Crippen LogP) is 5.99. The maximum absolute atomic E-state index is 14.1. The molecule has 0 bridgehead atoms. The molecule has 4 nitrogen and oxygen atoms in total. The van der Waals surface area contributed by atoms with Gasteiger partial charge in [-0.1, -0.05) is 29.8 Å². The van der Waals surface area contributed by atoms with Gasteiger partial charge in [-0.15, -0.1) is 0 Å².